The molecule has 9 rings (SSSR count). The minimum atomic E-state index is -4.43. The van der Waals surface area contributed by atoms with E-state index in [-0.39, 0.29) is 11.5 Å². The number of phosphoric acid groups is 2. The first-order valence-corrected chi connectivity index (χ1v) is 20.7. The molecule has 9 aromatic carbocycles. The summed E-state index contributed by atoms with van der Waals surface area (Å²) < 4.78 is 66.5. The molecule has 0 amide bonds. The number of hydrogen-bond donors (Lipinski definition) is 0. The van der Waals surface area contributed by atoms with Crippen LogP contribution in [-0.4, -0.2) is 0 Å². The van der Waals surface area contributed by atoms with Gasteiger partial charge in [-0.2, -0.15) is 9.13 Å². The molecule has 0 atom stereocenters. The van der Waals surface area contributed by atoms with Crippen molar-refractivity contribution >= 4 is 58.7 Å². The van der Waals surface area contributed by atoms with Crippen LogP contribution in [0.5, 0.6) is 34.5 Å². The third-order valence-corrected chi connectivity index (χ3v) is 11.6. The Kier molecular flexibility index (Phi) is 9.28. The second kappa shape index (κ2) is 14.8. The smallest absolute Gasteiger partial charge is 0.386 e. The molecule has 0 aliphatic heterocycles. The van der Waals surface area contributed by atoms with Crippen molar-refractivity contribution in [1.82, 2.24) is 0 Å². The number of rotatable bonds is 12. The first-order valence-electron chi connectivity index (χ1n) is 17.8. The molecule has 0 aliphatic carbocycles. The Morgan fingerprint density at radius 2 is 0.482 bits per heavy atom. The predicted octanol–water partition coefficient (Wildman–Crippen LogP) is 13.6. The van der Waals surface area contributed by atoms with Crippen molar-refractivity contribution < 1.29 is 36.3 Å². The molecule has 0 saturated heterocycles. The van der Waals surface area contributed by atoms with Crippen LogP contribution < -0.4 is 27.1 Å². The van der Waals surface area contributed by atoms with Gasteiger partial charge in [-0.1, -0.05) is 146 Å². The highest BCUT2D eigenvalue weighted by Gasteiger charge is 2.36. The van der Waals surface area contributed by atoms with Crippen molar-refractivity contribution in [2.24, 2.45) is 0 Å². The maximum Gasteiger partial charge on any atom is 0.647 e. The van der Waals surface area contributed by atoms with Crippen LogP contribution in [0.1, 0.15) is 0 Å². The van der Waals surface area contributed by atoms with Crippen LogP contribution in [0.25, 0.3) is 43.1 Å². The number of fused-ring (bicyclic) bond motifs is 4. The van der Waals surface area contributed by atoms with Crippen LogP contribution in [0.15, 0.2) is 194 Å². The van der Waals surface area contributed by atoms with Crippen molar-refractivity contribution in [3.63, 3.8) is 0 Å². The third-order valence-electron chi connectivity index (χ3n) is 9.10. The molecule has 0 bridgehead atoms. The topological polar surface area (TPSA) is 89.5 Å². The highest BCUT2D eigenvalue weighted by molar-refractivity contribution is 7.50. The quantitative estimate of drug-likeness (QED) is 0.113. The van der Waals surface area contributed by atoms with Gasteiger partial charge in [-0.15, -0.1) is 0 Å². The van der Waals surface area contributed by atoms with E-state index in [1.165, 1.54) is 24.3 Å². The molecule has 0 fully saturated rings. The lowest BCUT2D eigenvalue weighted by Gasteiger charge is -2.22. The van der Waals surface area contributed by atoms with E-state index >= 15 is 0 Å². The molecule has 0 saturated carbocycles. The van der Waals surface area contributed by atoms with Gasteiger partial charge in [-0.3, -0.25) is 0 Å². The molecule has 9 aromatic rings. The van der Waals surface area contributed by atoms with Gasteiger partial charge in [0.15, 0.2) is 0 Å². The lowest BCUT2D eigenvalue weighted by Crippen LogP contribution is -2.09. The zero-order valence-corrected chi connectivity index (χ0v) is 31.4. The Hall–Kier alpha value is -6.72. The van der Waals surface area contributed by atoms with E-state index in [0.717, 1.165) is 43.1 Å². The van der Waals surface area contributed by atoms with E-state index in [1.54, 1.807) is 24.3 Å². The van der Waals surface area contributed by atoms with Gasteiger partial charge in [0.25, 0.3) is 0 Å². The first kappa shape index (κ1) is 35.0. The van der Waals surface area contributed by atoms with Gasteiger partial charge in [-0.05, 0) is 70.1 Å². The molecule has 0 unspecified atom stereocenters. The molecule has 0 aromatic heterocycles. The Balaban J connectivity index is 1.05. The average molecular weight is 775 g/mol. The molecular formula is C46H32O8P2. The summed E-state index contributed by atoms with van der Waals surface area (Å²) >= 11 is 0. The summed E-state index contributed by atoms with van der Waals surface area (Å²) in [4.78, 5) is 0. The second-order valence-corrected chi connectivity index (χ2v) is 15.7. The highest BCUT2D eigenvalue weighted by Crippen LogP contribution is 2.54. The normalized spacial score (nSPS) is 11.7. The highest BCUT2D eigenvalue weighted by atomic mass is 31.2. The zero-order chi connectivity index (χ0) is 38.0. The molecule has 0 heterocycles. The maximum absolute atomic E-state index is 14.8. The van der Waals surface area contributed by atoms with Crippen molar-refractivity contribution in [2.75, 3.05) is 0 Å². The fourth-order valence-corrected chi connectivity index (χ4v) is 9.10. The maximum atomic E-state index is 14.8. The number of hydrogen-bond acceptors (Lipinski definition) is 8. The van der Waals surface area contributed by atoms with Gasteiger partial charge in [0.2, 0.25) is 0 Å². The van der Waals surface area contributed by atoms with E-state index in [2.05, 4.69) is 0 Å². The molecule has 274 valence electrons. The van der Waals surface area contributed by atoms with Gasteiger partial charge in [0.1, 0.15) is 34.5 Å². The second-order valence-electron chi connectivity index (χ2n) is 12.8. The Labute approximate surface area is 322 Å². The van der Waals surface area contributed by atoms with Crippen molar-refractivity contribution in [2.45, 2.75) is 0 Å². The summed E-state index contributed by atoms with van der Waals surface area (Å²) in [5, 5.41) is 6.50. The third kappa shape index (κ3) is 7.36. The summed E-state index contributed by atoms with van der Waals surface area (Å²) in [7, 11) is -8.87. The molecule has 10 heteroatoms. The average Bonchev–Trinajstić information content (AvgIpc) is 3.22. The molecule has 8 nitrogen and oxygen atoms in total. The van der Waals surface area contributed by atoms with Gasteiger partial charge in [-0.25, -0.2) is 0 Å². The van der Waals surface area contributed by atoms with Crippen molar-refractivity contribution in [1.29, 1.82) is 0 Å². The lowest BCUT2D eigenvalue weighted by atomic mass is 10.1. The molecule has 0 N–H and O–H groups in total. The summed E-state index contributed by atoms with van der Waals surface area (Å²) in [6, 6.07) is 58.3. The molecule has 0 radical (unpaired) electrons. The Morgan fingerprint density at radius 1 is 0.250 bits per heavy atom. The van der Waals surface area contributed by atoms with Gasteiger partial charge >= 0.3 is 15.6 Å². The van der Waals surface area contributed by atoms with Crippen LogP contribution in [-0.2, 0) is 9.13 Å². The fraction of sp³-hybridized carbons (Fsp3) is 0. The van der Waals surface area contributed by atoms with Crippen LogP contribution >= 0.6 is 15.6 Å². The Morgan fingerprint density at radius 3 is 0.750 bits per heavy atom. The fourth-order valence-electron chi connectivity index (χ4n) is 6.51. The summed E-state index contributed by atoms with van der Waals surface area (Å²) in [5.74, 6) is 1.57. The van der Waals surface area contributed by atoms with Gasteiger partial charge in [0, 0.05) is 21.5 Å². The Bertz CT molecular complexity index is 2570. The SMILES string of the molecule is O=P(Oc1ccc(OP(=O)(Oc2cccc3ccccc23)Oc2cccc3ccccc23)cc1)(Oc1cccc2ccccc12)Oc1cccc2ccccc12. The minimum Gasteiger partial charge on any atom is -0.386 e. The standard InChI is InChI=1S/C46H32O8P2/c47-55(51-43-25-9-17-33-13-1-5-21-39(33)43,52-44-26-10-18-34-14-2-6-22-40(34)44)49-37-29-31-38(32-30-37)50-56(48,53-45-27-11-19-35-15-3-7-23-41(35)45)54-46-28-12-20-36-16-4-8-24-42(36)46/h1-32H. The largest absolute Gasteiger partial charge is 0.647 e. The monoisotopic (exact) mass is 774 g/mol. The van der Waals surface area contributed by atoms with Crippen molar-refractivity contribution in [3.05, 3.63) is 194 Å². The van der Waals surface area contributed by atoms with Crippen LogP contribution in [0.2, 0.25) is 0 Å². The molecule has 0 spiro atoms. The number of phosphoric ester groups is 2. The molecule has 56 heavy (non-hydrogen) atoms. The summed E-state index contributed by atoms with van der Waals surface area (Å²) in [5.41, 5.74) is 0. The van der Waals surface area contributed by atoms with E-state index in [1.807, 2.05) is 146 Å². The van der Waals surface area contributed by atoms with E-state index in [4.69, 9.17) is 27.1 Å². The number of benzene rings is 9. The zero-order valence-electron chi connectivity index (χ0n) is 29.6. The summed E-state index contributed by atoms with van der Waals surface area (Å²) in [6.07, 6.45) is 0. The minimum absolute atomic E-state index is 0.140. The van der Waals surface area contributed by atoms with Gasteiger partial charge < -0.3 is 27.1 Å². The van der Waals surface area contributed by atoms with Crippen LogP contribution in [0.3, 0.4) is 0 Å². The van der Waals surface area contributed by atoms with E-state index < -0.39 is 15.6 Å². The van der Waals surface area contributed by atoms with E-state index in [0.29, 0.717) is 23.0 Å². The van der Waals surface area contributed by atoms with Crippen LogP contribution in [0, 0.1) is 0 Å². The molecular weight excluding hydrogens is 742 g/mol. The first-order chi connectivity index (χ1) is 27.4. The van der Waals surface area contributed by atoms with Crippen molar-refractivity contribution in [3.8, 4) is 34.5 Å². The molecule has 0 aliphatic rings. The van der Waals surface area contributed by atoms with Gasteiger partial charge in [0.05, 0.1) is 0 Å². The van der Waals surface area contributed by atoms with E-state index in [9.17, 15) is 9.13 Å². The predicted molar refractivity (Wildman–Crippen MR) is 221 cm³/mol. The lowest BCUT2D eigenvalue weighted by molar-refractivity contribution is 0.296. The summed E-state index contributed by atoms with van der Waals surface area (Å²) in [6.45, 7) is 0. The van der Waals surface area contributed by atoms with Crippen LogP contribution in [0.4, 0.5) is 0 Å².